The van der Waals surface area contributed by atoms with Crippen molar-refractivity contribution >= 4 is 5.69 Å². The number of para-hydroxylation sites is 3. The van der Waals surface area contributed by atoms with Gasteiger partial charge in [-0.15, -0.1) is 0 Å². The number of anilines is 1. The van der Waals surface area contributed by atoms with Gasteiger partial charge in [0.2, 0.25) is 0 Å². The summed E-state index contributed by atoms with van der Waals surface area (Å²) < 4.78 is 11.1. The SMILES string of the molecule is COc1ccccc1OCCN(C)c1ccccc1CN. The molecule has 0 bridgehead atoms. The first kappa shape index (κ1) is 15.2. The number of rotatable bonds is 7. The third-order valence-electron chi connectivity index (χ3n) is 3.38. The van der Waals surface area contributed by atoms with Crippen LogP contribution in [0.25, 0.3) is 0 Å². The van der Waals surface area contributed by atoms with Crippen LogP contribution in [-0.2, 0) is 6.54 Å². The van der Waals surface area contributed by atoms with Crippen LogP contribution < -0.4 is 20.1 Å². The Morgan fingerprint density at radius 1 is 1.00 bits per heavy atom. The molecule has 0 radical (unpaired) electrons. The summed E-state index contributed by atoms with van der Waals surface area (Å²) in [5.41, 5.74) is 8.05. The van der Waals surface area contributed by atoms with E-state index in [9.17, 15) is 0 Å². The van der Waals surface area contributed by atoms with Crippen molar-refractivity contribution in [1.82, 2.24) is 0 Å². The van der Waals surface area contributed by atoms with Gasteiger partial charge in [0.15, 0.2) is 11.5 Å². The Morgan fingerprint density at radius 2 is 1.67 bits per heavy atom. The van der Waals surface area contributed by atoms with Crippen molar-refractivity contribution in [2.24, 2.45) is 5.73 Å². The summed E-state index contributed by atoms with van der Waals surface area (Å²) in [7, 11) is 3.69. The molecule has 4 heteroatoms. The highest BCUT2D eigenvalue weighted by atomic mass is 16.5. The van der Waals surface area contributed by atoms with E-state index >= 15 is 0 Å². The number of likely N-dealkylation sites (N-methyl/N-ethyl adjacent to an activating group) is 1. The molecule has 0 unspecified atom stereocenters. The van der Waals surface area contributed by atoms with Crippen LogP contribution in [0.15, 0.2) is 48.5 Å². The van der Waals surface area contributed by atoms with Crippen molar-refractivity contribution < 1.29 is 9.47 Å². The highest BCUT2D eigenvalue weighted by Gasteiger charge is 2.07. The Morgan fingerprint density at radius 3 is 2.38 bits per heavy atom. The zero-order valence-electron chi connectivity index (χ0n) is 12.6. The average molecular weight is 286 g/mol. The molecule has 0 aliphatic rings. The lowest BCUT2D eigenvalue weighted by atomic mass is 10.1. The Bertz CT molecular complexity index is 572. The number of hydrogen-bond donors (Lipinski definition) is 1. The third-order valence-corrected chi connectivity index (χ3v) is 3.38. The first-order valence-electron chi connectivity index (χ1n) is 7.01. The molecule has 112 valence electrons. The lowest BCUT2D eigenvalue weighted by Crippen LogP contribution is -2.25. The van der Waals surface area contributed by atoms with E-state index in [1.807, 2.05) is 49.5 Å². The molecule has 0 aliphatic carbocycles. The number of nitrogens with zero attached hydrogens (tertiary/aromatic N) is 1. The summed E-state index contributed by atoms with van der Waals surface area (Å²) in [5.74, 6) is 1.52. The van der Waals surface area contributed by atoms with E-state index in [-0.39, 0.29) is 0 Å². The molecule has 0 spiro atoms. The Balaban J connectivity index is 1.94. The molecule has 0 aliphatic heterocycles. The summed E-state index contributed by atoms with van der Waals surface area (Å²) in [4.78, 5) is 2.15. The van der Waals surface area contributed by atoms with Crippen molar-refractivity contribution in [2.45, 2.75) is 6.54 Å². The van der Waals surface area contributed by atoms with Gasteiger partial charge in [-0.3, -0.25) is 0 Å². The van der Waals surface area contributed by atoms with Gasteiger partial charge in [0.25, 0.3) is 0 Å². The second-order valence-corrected chi connectivity index (χ2v) is 4.75. The molecular formula is C17H22N2O2. The van der Waals surface area contributed by atoms with Crippen LogP contribution in [0, 0.1) is 0 Å². The summed E-state index contributed by atoms with van der Waals surface area (Å²) in [6, 6.07) is 15.8. The molecule has 2 aromatic carbocycles. The molecule has 0 aromatic heterocycles. The normalized spacial score (nSPS) is 10.2. The number of hydrogen-bond acceptors (Lipinski definition) is 4. The molecule has 2 rings (SSSR count). The molecule has 0 amide bonds. The molecule has 0 saturated heterocycles. The number of methoxy groups -OCH3 is 1. The van der Waals surface area contributed by atoms with E-state index in [0.29, 0.717) is 13.2 Å². The predicted molar refractivity (Wildman–Crippen MR) is 86.1 cm³/mol. The Labute approximate surface area is 126 Å². The highest BCUT2D eigenvalue weighted by molar-refractivity contribution is 5.53. The topological polar surface area (TPSA) is 47.7 Å². The molecule has 2 N–H and O–H groups in total. The van der Waals surface area contributed by atoms with Crippen molar-refractivity contribution in [3.8, 4) is 11.5 Å². The van der Waals surface area contributed by atoms with Gasteiger partial charge in [-0.2, -0.15) is 0 Å². The maximum atomic E-state index is 5.80. The van der Waals surface area contributed by atoms with Gasteiger partial charge in [0.05, 0.1) is 13.7 Å². The third kappa shape index (κ3) is 3.89. The second-order valence-electron chi connectivity index (χ2n) is 4.75. The van der Waals surface area contributed by atoms with Gasteiger partial charge in [0.1, 0.15) is 6.61 Å². The molecule has 0 fully saturated rings. The smallest absolute Gasteiger partial charge is 0.161 e. The minimum Gasteiger partial charge on any atom is -0.493 e. The van der Waals surface area contributed by atoms with Crippen LogP contribution in [0.3, 0.4) is 0 Å². The fourth-order valence-electron chi connectivity index (χ4n) is 2.21. The van der Waals surface area contributed by atoms with Crippen LogP contribution in [0.1, 0.15) is 5.56 Å². The quantitative estimate of drug-likeness (QED) is 0.850. The maximum absolute atomic E-state index is 5.80. The number of ether oxygens (including phenoxy) is 2. The largest absolute Gasteiger partial charge is 0.493 e. The summed E-state index contributed by atoms with van der Waals surface area (Å²) in [6.45, 7) is 1.89. The predicted octanol–water partition coefficient (Wildman–Crippen LogP) is 2.67. The zero-order chi connectivity index (χ0) is 15.1. The molecule has 0 atom stereocenters. The monoisotopic (exact) mass is 286 g/mol. The fourth-order valence-corrected chi connectivity index (χ4v) is 2.21. The van der Waals surface area contributed by atoms with Crippen LogP contribution in [-0.4, -0.2) is 27.3 Å². The number of nitrogens with two attached hydrogens (primary N) is 1. The molecule has 21 heavy (non-hydrogen) atoms. The van der Waals surface area contributed by atoms with E-state index in [1.165, 1.54) is 0 Å². The minimum atomic E-state index is 0.536. The summed E-state index contributed by atoms with van der Waals surface area (Å²) >= 11 is 0. The van der Waals surface area contributed by atoms with Crippen molar-refractivity contribution in [2.75, 3.05) is 32.2 Å². The van der Waals surface area contributed by atoms with Crippen LogP contribution in [0.4, 0.5) is 5.69 Å². The average Bonchev–Trinajstić information content (AvgIpc) is 2.55. The molecule has 4 nitrogen and oxygen atoms in total. The van der Waals surface area contributed by atoms with Crippen molar-refractivity contribution in [1.29, 1.82) is 0 Å². The second kappa shape index (κ2) is 7.55. The lowest BCUT2D eigenvalue weighted by Gasteiger charge is -2.22. The van der Waals surface area contributed by atoms with E-state index in [4.69, 9.17) is 15.2 Å². The van der Waals surface area contributed by atoms with E-state index in [2.05, 4.69) is 11.0 Å². The Hall–Kier alpha value is -2.20. The first-order valence-corrected chi connectivity index (χ1v) is 7.01. The fraction of sp³-hybridized carbons (Fsp3) is 0.294. The van der Waals surface area contributed by atoms with Gasteiger partial charge in [0, 0.05) is 19.3 Å². The lowest BCUT2D eigenvalue weighted by molar-refractivity contribution is 0.301. The molecule has 2 aromatic rings. The Kier molecular flexibility index (Phi) is 5.46. The zero-order valence-corrected chi connectivity index (χ0v) is 12.6. The van der Waals surface area contributed by atoms with Crippen LogP contribution >= 0.6 is 0 Å². The van der Waals surface area contributed by atoms with E-state index in [1.54, 1.807) is 7.11 Å². The first-order chi connectivity index (χ1) is 10.3. The molecular weight excluding hydrogens is 264 g/mol. The highest BCUT2D eigenvalue weighted by Crippen LogP contribution is 2.26. The van der Waals surface area contributed by atoms with Crippen molar-refractivity contribution in [3.05, 3.63) is 54.1 Å². The van der Waals surface area contributed by atoms with E-state index < -0.39 is 0 Å². The van der Waals surface area contributed by atoms with Gasteiger partial charge in [-0.25, -0.2) is 0 Å². The molecule has 0 heterocycles. The van der Waals surface area contributed by atoms with Crippen LogP contribution in [0.5, 0.6) is 11.5 Å². The summed E-state index contributed by atoms with van der Waals surface area (Å²) in [5, 5.41) is 0. The standard InChI is InChI=1S/C17H22N2O2/c1-19(15-8-4-3-7-14(15)13-18)11-12-21-17-10-6-5-9-16(17)20-2/h3-10H,11-13,18H2,1-2H3. The summed E-state index contributed by atoms with van der Waals surface area (Å²) in [6.07, 6.45) is 0. The van der Waals surface area contributed by atoms with Crippen LogP contribution in [0.2, 0.25) is 0 Å². The van der Waals surface area contributed by atoms with Crippen molar-refractivity contribution in [3.63, 3.8) is 0 Å². The van der Waals surface area contributed by atoms with Gasteiger partial charge >= 0.3 is 0 Å². The van der Waals surface area contributed by atoms with Gasteiger partial charge in [-0.05, 0) is 23.8 Å². The maximum Gasteiger partial charge on any atom is 0.161 e. The number of benzene rings is 2. The van der Waals surface area contributed by atoms with Gasteiger partial charge < -0.3 is 20.1 Å². The minimum absolute atomic E-state index is 0.536. The van der Waals surface area contributed by atoms with E-state index in [0.717, 1.165) is 29.3 Å². The molecule has 0 saturated carbocycles. The van der Waals surface area contributed by atoms with Gasteiger partial charge in [-0.1, -0.05) is 30.3 Å².